The Kier molecular flexibility index (Phi) is 5.65. The smallest absolute Gasteiger partial charge is 0.254 e. The molecule has 4 rings (SSSR count). The Morgan fingerprint density at radius 2 is 1.92 bits per heavy atom. The number of benzene rings is 1. The molecule has 0 radical (unpaired) electrons. The zero-order valence-corrected chi connectivity index (χ0v) is 15.8. The maximum atomic E-state index is 13.6. The van der Waals surface area contributed by atoms with E-state index in [9.17, 15) is 13.6 Å². The van der Waals surface area contributed by atoms with Crippen LogP contribution in [0.3, 0.4) is 0 Å². The number of rotatable bonds is 4. The molecule has 3 nitrogen and oxygen atoms in total. The van der Waals surface area contributed by atoms with Crippen molar-refractivity contribution in [2.24, 2.45) is 5.41 Å². The molecule has 1 aromatic heterocycles. The van der Waals surface area contributed by atoms with Crippen molar-refractivity contribution >= 4 is 29.7 Å². The van der Waals surface area contributed by atoms with Crippen LogP contribution < -0.4 is 5.32 Å². The van der Waals surface area contributed by atoms with Crippen LogP contribution in [-0.4, -0.2) is 29.9 Å². The van der Waals surface area contributed by atoms with Crippen LogP contribution in [-0.2, 0) is 6.54 Å². The quantitative estimate of drug-likeness (QED) is 0.835. The van der Waals surface area contributed by atoms with Crippen LogP contribution in [0.5, 0.6) is 0 Å². The van der Waals surface area contributed by atoms with Crippen molar-refractivity contribution in [3.8, 4) is 0 Å². The van der Waals surface area contributed by atoms with Crippen molar-refractivity contribution in [1.82, 2.24) is 10.2 Å². The van der Waals surface area contributed by atoms with Crippen LogP contribution in [0.1, 0.15) is 35.2 Å². The van der Waals surface area contributed by atoms with Crippen LogP contribution in [0.15, 0.2) is 35.0 Å². The van der Waals surface area contributed by atoms with Gasteiger partial charge in [-0.3, -0.25) is 4.79 Å². The summed E-state index contributed by atoms with van der Waals surface area (Å²) in [6, 6.07) is 5.20. The Morgan fingerprint density at radius 3 is 2.54 bits per heavy atom. The van der Waals surface area contributed by atoms with Crippen molar-refractivity contribution in [2.75, 3.05) is 13.1 Å². The third kappa shape index (κ3) is 3.77. The van der Waals surface area contributed by atoms with E-state index in [1.165, 1.54) is 0 Å². The number of piperidine rings is 1. The summed E-state index contributed by atoms with van der Waals surface area (Å²) in [6.45, 7) is 2.41. The number of nitrogens with one attached hydrogen (secondary N) is 1. The summed E-state index contributed by atoms with van der Waals surface area (Å²) in [6.07, 6.45) is 3.06. The fraction of sp³-hybridized carbons (Fsp3) is 0.421. The summed E-state index contributed by atoms with van der Waals surface area (Å²) < 4.78 is 27.2. The lowest BCUT2D eigenvalue weighted by Gasteiger charge is -2.29. The van der Waals surface area contributed by atoms with Crippen molar-refractivity contribution in [2.45, 2.75) is 31.8 Å². The molecule has 1 aromatic carbocycles. The largest absolute Gasteiger partial charge is 0.331 e. The van der Waals surface area contributed by atoms with Gasteiger partial charge in [0.25, 0.3) is 5.91 Å². The van der Waals surface area contributed by atoms with E-state index in [0.29, 0.717) is 6.54 Å². The molecule has 1 N–H and O–H groups in total. The minimum absolute atomic E-state index is 0. The Hall–Kier alpha value is -1.50. The third-order valence-electron chi connectivity index (χ3n) is 5.43. The van der Waals surface area contributed by atoms with E-state index in [1.807, 2.05) is 21.7 Å². The van der Waals surface area contributed by atoms with Gasteiger partial charge in [0.05, 0.1) is 0 Å². The van der Waals surface area contributed by atoms with E-state index in [-0.39, 0.29) is 35.3 Å². The Bertz CT molecular complexity index is 758. The van der Waals surface area contributed by atoms with Gasteiger partial charge in [-0.1, -0.05) is 0 Å². The molecular formula is C19H21ClF2N2OS. The van der Waals surface area contributed by atoms with Gasteiger partial charge in [0, 0.05) is 24.2 Å². The molecule has 1 aliphatic heterocycles. The van der Waals surface area contributed by atoms with Crippen molar-refractivity contribution in [3.63, 3.8) is 0 Å². The molecular weight excluding hydrogens is 378 g/mol. The Balaban J connectivity index is 0.00000196. The van der Waals surface area contributed by atoms with Gasteiger partial charge in [-0.05, 0) is 72.3 Å². The Labute approximate surface area is 161 Å². The topological polar surface area (TPSA) is 32.3 Å². The monoisotopic (exact) mass is 398 g/mol. The first-order chi connectivity index (χ1) is 12.1. The highest BCUT2D eigenvalue weighted by Crippen LogP contribution is 2.56. The van der Waals surface area contributed by atoms with Crippen LogP contribution >= 0.6 is 23.7 Å². The molecule has 2 heterocycles. The van der Waals surface area contributed by atoms with E-state index < -0.39 is 11.6 Å². The maximum absolute atomic E-state index is 13.6. The summed E-state index contributed by atoms with van der Waals surface area (Å²) >= 11 is 1.59. The molecule has 1 spiro atoms. The third-order valence-corrected chi connectivity index (χ3v) is 6.16. The molecule has 0 bridgehead atoms. The molecule has 2 aliphatic rings. The molecule has 1 saturated carbocycles. The summed E-state index contributed by atoms with van der Waals surface area (Å²) in [4.78, 5) is 14.9. The number of thiophene rings is 1. The van der Waals surface area contributed by atoms with Gasteiger partial charge in [0.15, 0.2) is 0 Å². The van der Waals surface area contributed by atoms with Gasteiger partial charge < -0.3 is 10.2 Å². The standard InChI is InChI=1S/C19H20F2N2OS.ClH/c20-15-7-14(8-16(21)9-15)18(24)23(11-13-1-6-25-12-13)17-10-19(17)2-4-22-5-3-19;/h1,6-9,12,17,22H,2-5,10-11H2;1H. The highest BCUT2D eigenvalue weighted by Gasteiger charge is 2.57. The SMILES string of the molecule is Cl.O=C(c1cc(F)cc(F)c1)N(Cc1ccsc1)C1CC12CCNCC2. The van der Waals surface area contributed by atoms with Gasteiger partial charge in [-0.25, -0.2) is 8.78 Å². The normalized spacial score (nSPS) is 20.5. The summed E-state index contributed by atoms with van der Waals surface area (Å²) in [7, 11) is 0. The van der Waals surface area contributed by atoms with Gasteiger partial charge >= 0.3 is 0 Å². The van der Waals surface area contributed by atoms with Crippen LogP contribution in [0.2, 0.25) is 0 Å². The highest BCUT2D eigenvalue weighted by molar-refractivity contribution is 7.07. The van der Waals surface area contributed by atoms with E-state index in [1.54, 1.807) is 11.3 Å². The zero-order chi connectivity index (χ0) is 17.4. The molecule has 1 aliphatic carbocycles. The second-order valence-corrected chi connectivity index (χ2v) is 7.84. The van der Waals surface area contributed by atoms with Crippen molar-refractivity contribution < 1.29 is 13.6 Å². The fourth-order valence-corrected chi connectivity index (χ4v) is 4.63. The number of nitrogens with zero attached hydrogens (tertiary/aromatic N) is 1. The number of carbonyl (C=O) groups is 1. The first-order valence-electron chi connectivity index (χ1n) is 8.56. The Morgan fingerprint density at radius 1 is 1.23 bits per heavy atom. The average molecular weight is 399 g/mol. The number of amides is 1. The van der Waals surface area contributed by atoms with Crippen LogP contribution in [0.25, 0.3) is 0 Å². The van der Waals surface area contributed by atoms with Gasteiger partial charge in [-0.2, -0.15) is 11.3 Å². The van der Waals surface area contributed by atoms with Crippen molar-refractivity contribution in [1.29, 1.82) is 0 Å². The second kappa shape index (κ2) is 7.62. The van der Waals surface area contributed by atoms with Gasteiger partial charge in [0.1, 0.15) is 11.6 Å². The predicted molar refractivity (Wildman–Crippen MR) is 101 cm³/mol. The molecule has 2 aromatic rings. The fourth-order valence-electron chi connectivity index (χ4n) is 3.97. The highest BCUT2D eigenvalue weighted by atomic mass is 35.5. The van der Waals surface area contributed by atoms with E-state index in [4.69, 9.17) is 0 Å². The molecule has 1 atom stereocenters. The van der Waals surface area contributed by atoms with Gasteiger partial charge in [-0.15, -0.1) is 12.4 Å². The van der Waals surface area contributed by atoms with Crippen LogP contribution in [0.4, 0.5) is 8.78 Å². The van der Waals surface area contributed by atoms with Crippen molar-refractivity contribution in [3.05, 3.63) is 57.8 Å². The maximum Gasteiger partial charge on any atom is 0.254 e. The molecule has 1 saturated heterocycles. The lowest BCUT2D eigenvalue weighted by Crippen LogP contribution is -2.39. The molecule has 1 unspecified atom stereocenters. The van der Waals surface area contributed by atoms with E-state index >= 15 is 0 Å². The molecule has 1 amide bonds. The number of carbonyl (C=O) groups excluding carboxylic acids is 1. The molecule has 140 valence electrons. The van der Waals surface area contributed by atoms with E-state index in [0.717, 1.165) is 56.1 Å². The molecule has 7 heteroatoms. The minimum Gasteiger partial charge on any atom is -0.331 e. The summed E-state index contributed by atoms with van der Waals surface area (Å²) in [5.74, 6) is -1.72. The van der Waals surface area contributed by atoms with Gasteiger partial charge in [0.2, 0.25) is 0 Å². The van der Waals surface area contributed by atoms with Crippen LogP contribution in [0, 0.1) is 17.0 Å². The van der Waals surface area contributed by atoms with E-state index in [2.05, 4.69) is 5.32 Å². The first-order valence-corrected chi connectivity index (χ1v) is 9.51. The molecule has 2 fully saturated rings. The minimum atomic E-state index is -0.716. The number of halogens is 3. The number of hydrogen-bond acceptors (Lipinski definition) is 3. The lowest BCUT2D eigenvalue weighted by molar-refractivity contribution is 0.0691. The predicted octanol–water partition coefficient (Wildman–Crippen LogP) is 4.23. The second-order valence-electron chi connectivity index (χ2n) is 7.06. The first kappa shape index (κ1) is 19.3. The summed E-state index contributed by atoms with van der Waals surface area (Å²) in [5, 5.41) is 7.36. The lowest BCUT2D eigenvalue weighted by atomic mass is 9.93. The number of hydrogen-bond donors (Lipinski definition) is 1. The zero-order valence-electron chi connectivity index (χ0n) is 14.2. The average Bonchev–Trinajstić information content (AvgIpc) is 3.03. The summed E-state index contributed by atoms with van der Waals surface area (Å²) in [5.41, 5.74) is 1.32. The molecule has 26 heavy (non-hydrogen) atoms.